The number of aromatic nitrogens is 3. The van der Waals surface area contributed by atoms with Crippen molar-refractivity contribution in [1.29, 1.82) is 0 Å². The van der Waals surface area contributed by atoms with Crippen molar-refractivity contribution in [2.75, 3.05) is 17.7 Å². The Morgan fingerprint density at radius 1 is 0.946 bits per heavy atom. The first-order valence-corrected chi connectivity index (χ1v) is 12.3. The monoisotopic (exact) mass is 518 g/mol. The van der Waals surface area contributed by atoms with Gasteiger partial charge in [-0.1, -0.05) is 38.6 Å². The SMILES string of the molecule is CNC(=O)c1cc(Sc2ccc(NC(=O)Nc3cc(C(C)(C)C)nn3-c3cccc(F)c3)cc2)ccn1. The molecule has 0 aliphatic rings. The van der Waals surface area contributed by atoms with Gasteiger partial charge in [0.2, 0.25) is 0 Å². The average Bonchev–Trinajstić information content (AvgIpc) is 3.29. The second-order valence-electron chi connectivity index (χ2n) is 9.22. The first-order valence-electron chi connectivity index (χ1n) is 11.5. The van der Waals surface area contributed by atoms with Gasteiger partial charge in [0.15, 0.2) is 0 Å². The average molecular weight is 519 g/mol. The minimum absolute atomic E-state index is 0.249. The van der Waals surface area contributed by atoms with Crippen molar-refractivity contribution in [2.45, 2.75) is 36.0 Å². The Morgan fingerprint density at radius 2 is 1.70 bits per heavy atom. The number of carbonyl (C=O) groups is 2. The minimum atomic E-state index is -0.456. The maximum atomic E-state index is 13.9. The number of carbonyl (C=O) groups excluding carboxylic acids is 2. The van der Waals surface area contributed by atoms with Crippen LogP contribution >= 0.6 is 11.8 Å². The largest absolute Gasteiger partial charge is 0.354 e. The topological polar surface area (TPSA) is 101 Å². The van der Waals surface area contributed by atoms with Crippen molar-refractivity contribution in [3.63, 3.8) is 0 Å². The molecule has 8 nitrogen and oxygen atoms in total. The number of hydrogen-bond acceptors (Lipinski definition) is 5. The van der Waals surface area contributed by atoms with Crippen LogP contribution in [0.2, 0.25) is 0 Å². The number of rotatable bonds is 6. The number of amides is 3. The van der Waals surface area contributed by atoms with Gasteiger partial charge < -0.3 is 10.6 Å². The number of nitrogens with one attached hydrogen (secondary N) is 3. The van der Waals surface area contributed by atoms with Crippen LogP contribution in [0.15, 0.2) is 82.7 Å². The number of hydrogen-bond donors (Lipinski definition) is 3. The lowest BCUT2D eigenvalue weighted by Gasteiger charge is -2.14. The van der Waals surface area contributed by atoms with E-state index in [1.165, 1.54) is 28.6 Å². The quantitative estimate of drug-likeness (QED) is 0.297. The van der Waals surface area contributed by atoms with E-state index >= 15 is 0 Å². The summed E-state index contributed by atoms with van der Waals surface area (Å²) in [5.74, 6) is -0.221. The lowest BCUT2D eigenvalue weighted by molar-refractivity contribution is 0.0958. The molecule has 3 N–H and O–H groups in total. The van der Waals surface area contributed by atoms with Crippen LogP contribution in [0.1, 0.15) is 37.0 Å². The van der Waals surface area contributed by atoms with E-state index in [0.29, 0.717) is 22.9 Å². The molecule has 0 atom stereocenters. The molecule has 190 valence electrons. The van der Waals surface area contributed by atoms with Crippen molar-refractivity contribution in [1.82, 2.24) is 20.1 Å². The van der Waals surface area contributed by atoms with Crippen LogP contribution in [0.25, 0.3) is 5.69 Å². The van der Waals surface area contributed by atoms with Gasteiger partial charge in [-0.2, -0.15) is 5.10 Å². The second kappa shape index (κ2) is 10.8. The standard InChI is InChI=1S/C27H27FN6O2S/c1-27(2,3)23-16-24(34(33-23)19-7-5-6-17(28)14-19)32-26(36)31-18-8-10-20(11-9-18)37-21-12-13-30-22(15-21)25(35)29-4/h5-16H,1-4H3,(H,29,35)(H2,31,32,36). The first kappa shape index (κ1) is 25.9. The highest BCUT2D eigenvalue weighted by Crippen LogP contribution is 2.29. The van der Waals surface area contributed by atoms with Gasteiger partial charge in [-0.3, -0.25) is 15.1 Å². The summed E-state index contributed by atoms with van der Waals surface area (Å²) >= 11 is 1.48. The molecule has 0 saturated heterocycles. The van der Waals surface area contributed by atoms with E-state index < -0.39 is 11.8 Å². The summed E-state index contributed by atoms with van der Waals surface area (Å²) in [7, 11) is 1.56. The zero-order valence-corrected chi connectivity index (χ0v) is 21.7. The Hall–Kier alpha value is -4.18. The molecule has 0 radical (unpaired) electrons. The molecule has 0 bridgehead atoms. The predicted molar refractivity (Wildman–Crippen MR) is 143 cm³/mol. The van der Waals surface area contributed by atoms with Gasteiger partial charge in [-0.25, -0.2) is 13.9 Å². The summed E-state index contributed by atoms with van der Waals surface area (Å²) in [6.07, 6.45) is 1.59. The molecule has 2 aromatic carbocycles. The summed E-state index contributed by atoms with van der Waals surface area (Å²) in [5.41, 5.74) is 1.92. The van der Waals surface area contributed by atoms with Gasteiger partial charge in [-0.15, -0.1) is 0 Å². The molecule has 10 heteroatoms. The van der Waals surface area contributed by atoms with E-state index in [-0.39, 0.29) is 11.3 Å². The third-order valence-corrected chi connectivity index (χ3v) is 6.31. The van der Waals surface area contributed by atoms with Gasteiger partial charge in [0.25, 0.3) is 5.91 Å². The smallest absolute Gasteiger partial charge is 0.324 e. The van der Waals surface area contributed by atoms with Crippen LogP contribution in [0.4, 0.5) is 20.7 Å². The van der Waals surface area contributed by atoms with E-state index in [4.69, 9.17) is 0 Å². The predicted octanol–water partition coefficient (Wildman–Crippen LogP) is 5.86. The van der Waals surface area contributed by atoms with Crippen LogP contribution in [-0.4, -0.2) is 33.8 Å². The van der Waals surface area contributed by atoms with E-state index in [1.807, 2.05) is 39.0 Å². The van der Waals surface area contributed by atoms with E-state index in [9.17, 15) is 14.0 Å². The molecule has 4 aromatic rings. The maximum Gasteiger partial charge on any atom is 0.324 e. The number of urea groups is 1. The van der Waals surface area contributed by atoms with Crippen molar-refractivity contribution in [2.24, 2.45) is 0 Å². The summed E-state index contributed by atoms with van der Waals surface area (Å²) in [4.78, 5) is 30.5. The molecule has 2 heterocycles. The highest BCUT2D eigenvalue weighted by molar-refractivity contribution is 7.99. The highest BCUT2D eigenvalue weighted by atomic mass is 32.2. The molecule has 0 aliphatic carbocycles. The zero-order valence-electron chi connectivity index (χ0n) is 20.9. The molecular weight excluding hydrogens is 491 g/mol. The van der Waals surface area contributed by atoms with Crippen molar-refractivity contribution < 1.29 is 14.0 Å². The van der Waals surface area contributed by atoms with Crippen molar-refractivity contribution in [3.8, 4) is 5.69 Å². The van der Waals surface area contributed by atoms with Gasteiger partial charge in [-0.05, 0) is 54.6 Å². The molecular formula is C27H27FN6O2S. The second-order valence-corrected chi connectivity index (χ2v) is 10.4. The van der Waals surface area contributed by atoms with Crippen LogP contribution in [0.5, 0.6) is 0 Å². The molecule has 0 saturated carbocycles. The van der Waals surface area contributed by atoms with Crippen LogP contribution in [0.3, 0.4) is 0 Å². The fraction of sp³-hybridized carbons (Fsp3) is 0.185. The number of benzene rings is 2. The van der Waals surface area contributed by atoms with Crippen LogP contribution < -0.4 is 16.0 Å². The van der Waals surface area contributed by atoms with Gasteiger partial charge >= 0.3 is 6.03 Å². The summed E-state index contributed by atoms with van der Waals surface area (Å²) in [6, 6.07) is 18.2. The van der Waals surface area contributed by atoms with Gasteiger partial charge in [0.05, 0.1) is 11.4 Å². The van der Waals surface area contributed by atoms with E-state index in [0.717, 1.165) is 15.5 Å². The molecule has 3 amide bonds. The molecule has 0 spiro atoms. The molecule has 37 heavy (non-hydrogen) atoms. The Balaban J connectivity index is 1.46. The van der Waals surface area contributed by atoms with Gasteiger partial charge in [0, 0.05) is 40.2 Å². The van der Waals surface area contributed by atoms with Gasteiger partial charge in [0.1, 0.15) is 17.3 Å². The molecule has 0 aliphatic heterocycles. The summed E-state index contributed by atoms with van der Waals surface area (Å²) < 4.78 is 15.4. The number of anilines is 2. The third kappa shape index (κ3) is 6.53. The number of halogens is 1. The summed E-state index contributed by atoms with van der Waals surface area (Å²) in [5, 5.41) is 12.8. The van der Waals surface area contributed by atoms with E-state index in [2.05, 4.69) is 26.0 Å². The van der Waals surface area contributed by atoms with Crippen molar-refractivity contribution >= 4 is 35.2 Å². The number of pyridine rings is 1. The van der Waals surface area contributed by atoms with Crippen LogP contribution in [-0.2, 0) is 5.41 Å². The lowest BCUT2D eigenvalue weighted by Crippen LogP contribution is -2.21. The molecule has 4 rings (SSSR count). The van der Waals surface area contributed by atoms with Crippen LogP contribution in [0, 0.1) is 5.82 Å². The third-order valence-electron chi connectivity index (χ3n) is 5.31. The Bertz CT molecular complexity index is 1430. The highest BCUT2D eigenvalue weighted by Gasteiger charge is 2.21. The Morgan fingerprint density at radius 3 is 2.38 bits per heavy atom. The summed E-state index contributed by atoms with van der Waals surface area (Å²) in [6.45, 7) is 6.04. The molecule has 0 unspecified atom stereocenters. The Labute approximate surface area is 218 Å². The first-order chi connectivity index (χ1) is 17.6. The maximum absolute atomic E-state index is 13.9. The van der Waals surface area contributed by atoms with Crippen molar-refractivity contribution in [3.05, 3.63) is 90.1 Å². The normalized spacial score (nSPS) is 11.2. The number of nitrogens with zero attached hydrogens (tertiary/aromatic N) is 3. The molecule has 0 fully saturated rings. The minimum Gasteiger partial charge on any atom is -0.354 e. The zero-order chi connectivity index (χ0) is 26.6. The fourth-order valence-corrected chi connectivity index (χ4v) is 4.23. The lowest BCUT2D eigenvalue weighted by atomic mass is 9.92. The Kier molecular flexibility index (Phi) is 7.58. The fourth-order valence-electron chi connectivity index (χ4n) is 3.39. The molecule has 2 aromatic heterocycles. The van der Waals surface area contributed by atoms with E-state index in [1.54, 1.807) is 49.6 Å².